The zero-order chi connectivity index (χ0) is 24.4. The van der Waals surface area contributed by atoms with Crippen molar-refractivity contribution in [3.8, 4) is 0 Å². The summed E-state index contributed by atoms with van der Waals surface area (Å²) in [4.78, 5) is 3.95. The molecule has 1 aliphatic heterocycles. The number of anilines is 1. The van der Waals surface area contributed by atoms with E-state index in [4.69, 9.17) is 4.42 Å². The lowest BCUT2D eigenvalue weighted by Crippen LogP contribution is -2.48. The van der Waals surface area contributed by atoms with Gasteiger partial charge in [-0.2, -0.15) is 13.2 Å². The molecular formula is C24H22F4N6O. The summed E-state index contributed by atoms with van der Waals surface area (Å²) in [5, 5.41) is 12.1. The van der Waals surface area contributed by atoms with Crippen LogP contribution in [0.3, 0.4) is 0 Å². The molecule has 0 radical (unpaired) electrons. The second kappa shape index (κ2) is 9.49. The van der Waals surface area contributed by atoms with Gasteiger partial charge < -0.3 is 9.32 Å². The van der Waals surface area contributed by atoms with Crippen LogP contribution < -0.4 is 4.90 Å². The molecule has 5 rings (SSSR count). The molecule has 0 aliphatic carbocycles. The van der Waals surface area contributed by atoms with E-state index in [1.54, 1.807) is 47.3 Å². The lowest BCUT2D eigenvalue weighted by atomic mass is 10.0. The van der Waals surface area contributed by atoms with E-state index in [-0.39, 0.29) is 12.4 Å². The molecule has 4 aromatic rings. The summed E-state index contributed by atoms with van der Waals surface area (Å²) in [5.74, 6) is 0.726. The molecule has 1 atom stereocenters. The fraction of sp³-hybridized carbons (Fsp3) is 0.292. The Balaban J connectivity index is 1.41. The van der Waals surface area contributed by atoms with Crippen LogP contribution in [0, 0.1) is 5.82 Å². The summed E-state index contributed by atoms with van der Waals surface area (Å²) in [5.41, 5.74) is 0.249. The van der Waals surface area contributed by atoms with Gasteiger partial charge in [-0.3, -0.25) is 4.90 Å². The van der Waals surface area contributed by atoms with E-state index < -0.39 is 17.8 Å². The van der Waals surface area contributed by atoms with Gasteiger partial charge in [0.15, 0.2) is 5.82 Å². The molecule has 1 fully saturated rings. The number of hydrogen-bond donors (Lipinski definition) is 0. The van der Waals surface area contributed by atoms with E-state index in [1.165, 1.54) is 12.1 Å². The van der Waals surface area contributed by atoms with Gasteiger partial charge in [-0.05, 0) is 46.8 Å². The lowest BCUT2D eigenvalue weighted by molar-refractivity contribution is -0.137. The monoisotopic (exact) mass is 486 g/mol. The molecular weight excluding hydrogens is 464 g/mol. The highest BCUT2D eigenvalue weighted by Gasteiger charge is 2.34. The molecule has 2 aromatic heterocycles. The maximum absolute atomic E-state index is 15.0. The summed E-state index contributed by atoms with van der Waals surface area (Å²) in [6.07, 6.45) is -2.85. The highest BCUT2D eigenvalue weighted by molar-refractivity contribution is 5.49. The van der Waals surface area contributed by atoms with E-state index in [0.717, 1.165) is 12.1 Å². The van der Waals surface area contributed by atoms with Gasteiger partial charge in [0.25, 0.3) is 0 Å². The highest BCUT2D eigenvalue weighted by atomic mass is 19.4. The molecule has 0 amide bonds. The minimum atomic E-state index is -4.40. The Kier molecular flexibility index (Phi) is 6.25. The first-order valence-electron chi connectivity index (χ1n) is 11.1. The maximum Gasteiger partial charge on any atom is 0.416 e. The molecule has 2 aromatic carbocycles. The van der Waals surface area contributed by atoms with Gasteiger partial charge in [0.1, 0.15) is 24.2 Å². The molecule has 0 N–H and O–H groups in total. The normalized spacial score (nSPS) is 15.9. The second-order valence-corrected chi connectivity index (χ2v) is 8.27. The third-order valence-corrected chi connectivity index (χ3v) is 6.11. The number of piperazine rings is 1. The largest absolute Gasteiger partial charge is 0.467 e. The standard InChI is InChI=1S/C24H22F4N6O/c25-21-9-2-1-8-20(21)22(23-29-30-31-34(23)16-19-7-4-14-35-19)33-12-10-32(11-13-33)18-6-3-5-17(15-18)24(26,27)28/h1-9,14-15,22H,10-13,16H2/t22-/m1/s1. The summed E-state index contributed by atoms with van der Waals surface area (Å²) in [6.45, 7) is 2.16. The molecule has 0 saturated carbocycles. The fourth-order valence-corrected chi connectivity index (χ4v) is 4.38. The first-order valence-corrected chi connectivity index (χ1v) is 11.1. The Bertz CT molecular complexity index is 1270. The first kappa shape index (κ1) is 23.0. The van der Waals surface area contributed by atoms with Crippen molar-refractivity contribution in [2.75, 3.05) is 31.1 Å². The molecule has 182 valence electrons. The number of hydrogen-bond acceptors (Lipinski definition) is 6. The quantitative estimate of drug-likeness (QED) is 0.377. The van der Waals surface area contributed by atoms with Crippen LogP contribution >= 0.6 is 0 Å². The minimum absolute atomic E-state index is 0.282. The predicted octanol–water partition coefficient (Wildman–Crippen LogP) is 4.38. The van der Waals surface area contributed by atoms with Gasteiger partial charge in [-0.15, -0.1) is 5.10 Å². The van der Waals surface area contributed by atoms with E-state index >= 15 is 0 Å². The van der Waals surface area contributed by atoms with E-state index in [0.29, 0.717) is 49.0 Å². The number of rotatable bonds is 6. The topological polar surface area (TPSA) is 63.2 Å². The zero-order valence-corrected chi connectivity index (χ0v) is 18.6. The van der Waals surface area contributed by atoms with Crippen molar-refractivity contribution in [1.29, 1.82) is 0 Å². The average molecular weight is 486 g/mol. The summed E-state index contributed by atoms with van der Waals surface area (Å²) < 4.78 is 61.5. The number of nitrogens with zero attached hydrogens (tertiary/aromatic N) is 6. The Morgan fingerprint density at radius 2 is 1.74 bits per heavy atom. The van der Waals surface area contributed by atoms with Gasteiger partial charge in [0.05, 0.1) is 11.8 Å². The number of benzene rings is 2. The smallest absolute Gasteiger partial charge is 0.416 e. The Labute approximate surface area is 198 Å². The SMILES string of the molecule is Fc1ccccc1[C@H](c1nnnn1Cc1ccco1)N1CCN(c2cccc(C(F)(F)F)c2)CC1. The molecule has 35 heavy (non-hydrogen) atoms. The van der Waals surface area contributed by atoms with Gasteiger partial charge in [-0.1, -0.05) is 24.3 Å². The second-order valence-electron chi connectivity index (χ2n) is 8.27. The van der Waals surface area contributed by atoms with Gasteiger partial charge >= 0.3 is 6.18 Å². The minimum Gasteiger partial charge on any atom is -0.467 e. The number of furan rings is 1. The summed E-state index contributed by atoms with van der Waals surface area (Å²) in [7, 11) is 0. The Morgan fingerprint density at radius 3 is 2.46 bits per heavy atom. The van der Waals surface area contributed by atoms with E-state index in [9.17, 15) is 17.6 Å². The van der Waals surface area contributed by atoms with Crippen LogP contribution in [-0.2, 0) is 12.7 Å². The van der Waals surface area contributed by atoms with Crippen molar-refractivity contribution in [1.82, 2.24) is 25.1 Å². The molecule has 3 heterocycles. The van der Waals surface area contributed by atoms with Crippen molar-refractivity contribution in [3.63, 3.8) is 0 Å². The number of halogens is 4. The van der Waals surface area contributed by atoms with Crippen LogP contribution in [0.2, 0.25) is 0 Å². The summed E-state index contributed by atoms with van der Waals surface area (Å²) >= 11 is 0. The third kappa shape index (κ3) is 4.90. The van der Waals surface area contributed by atoms with E-state index in [1.807, 2.05) is 9.80 Å². The van der Waals surface area contributed by atoms with Crippen molar-refractivity contribution >= 4 is 5.69 Å². The average Bonchev–Trinajstić information content (AvgIpc) is 3.53. The molecule has 0 unspecified atom stereocenters. The molecule has 7 nitrogen and oxygen atoms in total. The maximum atomic E-state index is 15.0. The van der Waals surface area contributed by atoms with Gasteiger partial charge in [0, 0.05) is 37.4 Å². The lowest BCUT2D eigenvalue weighted by Gasteiger charge is -2.40. The molecule has 1 saturated heterocycles. The number of aromatic nitrogens is 4. The Morgan fingerprint density at radius 1 is 0.943 bits per heavy atom. The third-order valence-electron chi connectivity index (χ3n) is 6.11. The van der Waals surface area contributed by atoms with E-state index in [2.05, 4.69) is 15.5 Å². The van der Waals surface area contributed by atoms with Crippen molar-refractivity contribution < 1.29 is 22.0 Å². The van der Waals surface area contributed by atoms with Crippen LogP contribution in [0.5, 0.6) is 0 Å². The fourth-order valence-electron chi connectivity index (χ4n) is 4.38. The van der Waals surface area contributed by atoms with Crippen molar-refractivity contribution in [3.05, 3.63) is 95.5 Å². The molecule has 11 heteroatoms. The summed E-state index contributed by atoms with van der Waals surface area (Å²) in [6, 6.07) is 14.8. The van der Waals surface area contributed by atoms with Crippen molar-refractivity contribution in [2.24, 2.45) is 0 Å². The zero-order valence-electron chi connectivity index (χ0n) is 18.6. The van der Waals surface area contributed by atoms with Crippen LogP contribution in [0.15, 0.2) is 71.3 Å². The highest BCUT2D eigenvalue weighted by Crippen LogP contribution is 2.34. The predicted molar refractivity (Wildman–Crippen MR) is 119 cm³/mol. The number of tetrazole rings is 1. The Hall–Kier alpha value is -3.73. The van der Waals surface area contributed by atoms with Gasteiger partial charge in [0.2, 0.25) is 0 Å². The molecule has 1 aliphatic rings. The van der Waals surface area contributed by atoms with Gasteiger partial charge in [-0.25, -0.2) is 9.07 Å². The molecule has 0 spiro atoms. The van der Waals surface area contributed by atoms with Crippen LogP contribution in [0.4, 0.5) is 23.2 Å². The molecule has 0 bridgehead atoms. The number of alkyl halides is 3. The van der Waals surface area contributed by atoms with Crippen LogP contribution in [0.1, 0.15) is 28.8 Å². The van der Waals surface area contributed by atoms with Crippen LogP contribution in [-0.4, -0.2) is 51.3 Å². The van der Waals surface area contributed by atoms with Crippen molar-refractivity contribution in [2.45, 2.75) is 18.8 Å². The first-order chi connectivity index (χ1) is 16.9. The van der Waals surface area contributed by atoms with Crippen LogP contribution in [0.25, 0.3) is 0 Å².